The molecule has 1 amide bonds. The molecule has 1 atom stereocenters. The van der Waals surface area contributed by atoms with Gasteiger partial charge >= 0.3 is 6.18 Å². The summed E-state index contributed by atoms with van der Waals surface area (Å²) < 4.78 is 40.0. The van der Waals surface area contributed by atoms with Gasteiger partial charge in [-0.25, -0.2) is 0 Å². The van der Waals surface area contributed by atoms with Crippen LogP contribution in [0.3, 0.4) is 0 Å². The molecular weight excluding hydrogens is 285 g/mol. The zero-order valence-electron chi connectivity index (χ0n) is 10.8. The van der Waals surface area contributed by atoms with E-state index in [1.54, 1.807) is 6.92 Å². The van der Waals surface area contributed by atoms with Crippen molar-refractivity contribution in [3.8, 4) is 0 Å². The number of nitrogens with one attached hydrogen (secondary N) is 2. The SMILES string of the molecule is CC(COCC(F)(F)F)NC(=O)C1CCNCC1.Cl. The van der Waals surface area contributed by atoms with E-state index < -0.39 is 18.8 Å². The van der Waals surface area contributed by atoms with Crippen LogP contribution in [0.25, 0.3) is 0 Å². The molecule has 1 saturated heterocycles. The van der Waals surface area contributed by atoms with Gasteiger partial charge in [0, 0.05) is 12.0 Å². The fourth-order valence-corrected chi connectivity index (χ4v) is 1.84. The van der Waals surface area contributed by atoms with Crippen LogP contribution in [-0.2, 0) is 9.53 Å². The summed E-state index contributed by atoms with van der Waals surface area (Å²) in [6, 6.07) is -0.408. The summed E-state index contributed by atoms with van der Waals surface area (Å²) in [5.41, 5.74) is 0. The Morgan fingerprint density at radius 2 is 2.00 bits per heavy atom. The molecule has 0 radical (unpaired) electrons. The van der Waals surface area contributed by atoms with Crippen molar-refractivity contribution in [3.63, 3.8) is 0 Å². The summed E-state index contributed by atoms with van der Waals surface area (Å²) in [6.45, 7) is 1.83. The van der Waals surface area contributed by atoms with Crippen molar-refractivity contribution in [2.45, 2.75) is 32.0 Å². The lowest BCUT2D eigenvalue weighted by molar-refractivity contribution is -0.175. The maximum Gasteiger partial charge on any atom is 0.411 e. The standard InChI is InChI=1S/C11H19F3N2O2.ClH/c1-8(6-18-7-11(12,13)14)16-10(17)9-2-4-15-5-3-9;/h8-9,15H,2-7H2,1H3,(H,16,17);1H. The maximum absolute atomic E-state index is 11.8. The third-order valence-electron chi connectivity index (χ3n) is 2.73. The van der Waals surface area contributed by atoms with Gasteiger partial charge in [-0.2, -0.15) is 13.2 Å². The van der Waals surface area contributed by atoms with Crippen LogP contribution in [0.2, 0.25) is 0 Å². The fraction of sp³-hybridized carbons (Fsp3) is 0.909. The molecule has 1 fully saturated rings. The van der Waals surface area contributed by atoms with Crippen molar-refractivity contribution in [1.29, 1.82) is 0 Å². The number of hydrogen-bond acceptors (Lipinski definition) is 3. The molecule has 1 heterocycles. The van der Waals surface area contributed by atoms with Gasteiger partial charge in [0.05, 0.1) is 6.61 Å². The first-order valence-electron chi connectivity index (χ1n) is 6.04. The molecule has 0 aromatic carbocycles. The van der Waals surface area contributed by atoms with Gasteiger partial charge in [0.2, 0.25) is 5.91 Å². The van der Waals surface area contributed by atoms with E-state index >= 15 is 0 Å². The van der Waals surface area contributed by atoms with Crippen molar-refractivity contribution in [1.82, 2.24) is 10.6 Å². The van der Waals surface area contributed by atoms with Crippen molar-refractivity contribution < 1.29 is 22.7 Å². The molecule has 2 N–H and O–H groups in total. The number of piperidine rings is 1. The van der Waals surface area contributed by atoms with Crippen LogP contribution in [-0.4, -0.2) is 44.4 Å². The van der Waals surface area contributed by atoms with Gasteiger partial charge in [-0.15, -0.1) is 12.4 Å². The smallest absolute Gasteiger partial charge is 0.370 e. The minimum Gasteiger partial charge on any atom is -0.370 e. The summed E-state index contributed by atoms with van der Waals surface area (Å²) in [5, 5.41) is 5.82. The van der Waals surface area contributed by atoms with Crippen LogP contribution in [0.4, 0.5) is 13.2 Å². The van der Waals surface area contributed by atoms with Crippen molar-refractivity contribution >= 4 is 18.3 Å². The second-order valence-corrected chi connectivity index (χ2v) is 4.56. The Labute approximate surface area is 116 Å². The molecule has 0 aromatic heterocycles. The summed E-state index contributed by atoms with van der Waals surface area (Å²) in [4.78, 5) is 11.8. The van der Waals surface area contributed by atoms with Gasteiger partial charge in [-0.1, -0.05) is 0 Å². The zero-order chi connectivity index (χ0) is 13.6. The van der Waals surface area contributed by atoms with Gasteiger partial charge in [-0.3, -0.25) is 4.79 Å². The van der Waals surface area contributed by atoms with Crippen molar-refractivity contribution in [3.05, 3.63) is 0 Å². The topological polar surface area (TPSA) is 50.4 Å². The molecule has 0 aromatic rings. The lowest BCUT2D eigenvalue weighted by Crippen LogP contribution is -2.43. The first-order chi connectivity index (χ1) is 8.38. The van der Waals surface area contributed by atoms with Crippen LogP contribution in [0.15, 0.2) is 0 Å². The van der Waals surface area contributed by atoms with Crippen molar-refractivity contribution in [2.75, 3.05) is 26.3 Å². The molecule has 1 rings (SSSR count). The average molecular weight is 305 g/mol. The minimum absolute atomic E-state index is 0. The molecule has 114 valence electrons. The monoisotopic (exact) mass is 304 g/mol. The predicted octanol–water partition coefficient (Wildman–Crippen LogP) is 1.49. The molecule has 0 saturated carbocycles. The highest BCUT2D eigenvalue weighted by Gasteiger charge is 2.28. The van der Waals surface area contributed by atoms with Crippen LogP contribution in [0, 0.1) is 5.92 Å². The summed E-state index contributed by atoms with van der Waals surface area (Å²) in [6.07, 6.45) is -2.79. The highest BCUT2D eigenvalue weighted by Crippen LogP contribution is 2.15. The van der Waals surface area contributed by atoms with Gasteiger partial charge in [0.1, 0.15) is 6.61 Å². The van der Waals surface area contributed by atoms with Gasteiger partial charge < -0.3 is 15.4 Å². The quantitative estimate of drug-likeness (QED) is 0.809. The predicted molar refractivity (Wildman–Crippen MR) is 67.3 cm³/mol. The van der Waals surface area contributed by atoms with E-state index in [4.69, 9.17) is 0 Å². The number of halogens is 4. The first-order valence-corrected chi connectivity index (χ1v) is 6.04. The highest BCUT2D eigenvalue weighted by molar-refractivity contribution is 5.85. The largest absolute Gasteiger partial charge is 0.411 e. The van der Waals surface area contributed by atoms with E-state index in [0.717, 1.165) is 25.9 Å². The molecule has 0 aliphatic carbocycles. The summed E-state index contributed by atoms with van der Waals surface area (Å²) in [7, 11) is 0. The van der Waals surface area contributed by atoms with E-state index in [-0.39, 0.29) is 30.8 Å². The number of carbonyl (C=O) groups is 1. The Kier molecular flexibility index (Phi) is 8.36. The Morgan fingerprint density at radius 3 is 2.53 bits per heavy atom. The number of rotatable bonds is 5. The molecule has 1 aliphatic rings. The number of alkyl halides is 3. The second kappa shape index (κ2) is 8.60. The average Bonchev–Trinajstić information content (AvgIpc) is 2.28. The summed E-state index contributed by atoms with van der Waals surface area (Å²) in [5.74, 6) is -0.143. The number of ether oxygens (including phenoxy) is 1. The maximum atomic E-state index is 11.8. The Hall–Kier alpha value is -0.530. The minimum atomic E-state index is -4.32. The summed E-state index contributed by atoms with van der Waals surface area (Å²) >= 11 is 0. The van der Waals surface area contributed by atoms with Gasteiger partial charge in [0.15, 0.2) is 0 Å². The third kappa shape index (κ3) is 8.28. The Morgan fingerprint density at radius 1 is 1.42 bits per heavy atom. The molecule has 4 nitrogen and oxygen atoms in total. The van der Waals surface area contributed by atoms with Gasteiger partial charge in [-0.05, 0) is 32.9 Å². The van der Waals surface area contributed by atoms with E-state index in [1.165, 1.54) is 0 Å². The molecule has 0 bridgehead atoms. The number of amides is 1. The van der Waals surface area contributed by atoms with Crippen LogP contribution < -0.4 is 10.6 Å². The third-order valence-corrected chi connectivity index (χ3v) is 2.73. The highest BCUT2D eigenvalue weighted by atomic mass is 35.5. The molecule has 19 heavy (non-hydrogen) atoms. The molecule has 8 heteroatoms. The molecule has 1 unspecified atom stereocenters. The fourth-order valence-electron chi connectivity index (χ4n) is 1.84. The van der Waals surface area contributed by atoms with Gasteiger partial charge in [0.25, 0.3) is 0 Å². The lowest BCUT2D eigenvalue weighted by Gasteiger charge is -2.24. The van der Waals surface area contributed by atoms with E-state index in [9.17, 15) is 18.0 Å². The first kappa shape index (κ1) is 18.5. The van der Waals surface area contributed by atoms with E-state index in [2.05, 4.69) is 15.4 Å². The number of carbonyl (C=O) groups excluding carboxylic acids is 1. The molecular formula is C11H20ClF3N2O2. The lowest BCUT2D eigenvalue weighted by atomic mass is 9.97. The number of hydrogen-bond donors (Lipinski definition) is 2. The van der Waals surface area contributed by atoms with E-state index in [1.807, 2.05) is 0 Å². The van der Waals surface area contributed by atoms with Crippen LogP contribution >= 0.6 is 12.4 Å². The normalized spacial score (nSPS) is 18.5. The van der Waals surface area contributed by atoms with Crippen LogP contribution in [0.5, 0.6) is 0 Å². The molecule has 1 aliphatic heterocycles. The van der Waals surface area contributed by atoms with Crippen molar-refractivity contribution in [2.24, 2.45) is 5.92 Å². The van der Waals surface area contributed by atoms with Crippen LogP contribution in [0.1, 0.15) is 19.8 Å². The Balaban J connectivity index is 0.00000324. The molecule has 0 spiro atoms. The van der Waals surface area contributed by atoms with E-state index in [0.29, 0.717) is 0 Å². The zero-order valence-corrected chi connectivity index (χ0v) is 11.6. The Bertz CT molecular complexity index is 271. The second-order valence-electron chi connectivity index (χ2n) is 4.56.